The van der Waals surface area contributed by atoms with Crippen molar-refractivity contribution in [1.82, 2.24) is 0 Å². The van der Waals surface area contributed by atoms with Gasteiger partial charge >= 0.3 is 5.97 Å². The van der Waals surface area contributed by atoms with Gasteiger partial charge in [0.1, 0.15) is 0 Å². The molecular formula is C7H12F2O2. The lowest BCUT2D eigenvalue weighted by Crippen LogP contribution is -2.09. The lowest BCUT2D eigenvalue weighted by molar-refractivity contribution is -0.137. The molecule has 0 aliphatic carbocycles. The van der Waals surface area contributed by atoms with Crippen LogP contribution in [0.25, 0.3) is 0 Å². The lowest BCUT2D eigenvalue weighted by Gasteiger charge is -2.07. The molecule has 0 heterocycles. The molecule has 0 bridgehead atoms. The molecule has 11 heavy (non-hydrogen) atoms. The molecule has 0 aliphatic rings. The molecule has 0 amide bonds. The minimum absolute atomic E-state index is 0.0178. The maximum atomic E-state index is 12.1. The van der Waals surface area contributed by atoms with Gasteiger partial charge in [-0.3, -0.25) is 4.79 Å². The van der Waals surface area contributed by atoms with E-state index in [9.17, 15) is 13.6 Å². The summed E-state index contributed by atoms with van der Waals surface area (Å²) in [5, 5.41) is 8.16. The number of hydrogen-bond acceptors (Lipinski definition) is 1. The summed E-state index contributed by atoms with van der Waals surface area (Å²) in [5.74, 6) is -3.58. The highest BCUT2D eigenvalue weighted by molar-refractivity contribution is 5.66. The molecule has 0 rings (SSSR count). The molecule has 0 aromatic heterocycles. The van der Waals surface area contributed by atoms with Gasteiger partial charge in [0.15, 0.2) is 0 Å². The van der Waals surface area contributed by atoms with Crippen molar-refractivity contribution in [2.24, 2.45) is 0 Å². The van der Waals surface area contributed by atoms with E-state index in [4.69, 9.17) is 5.11 Å². The van der Waals surface area contributed by atoms with Crippen molar-refractivity contribution in [3.8, 4) is 0 Å². The summed E-state index contributed by atoms with van der Waals surface area (Å²) < 4.78 is 24.2. The van der Waals surface area contributed by atoms with Gasteiger partial charge in [-0.15, -0.1) is 0 Å². The third-order valence-electron chi connectivity index (χ3n) is 1.26. The molecule has 4 heteroatoms. The Balaban J connectivity index is 3.22. The monoisotopic (exact) mass is 166 g/mol. The number of carbonyl (C=O) groups is 1. The van der Waals surface area contributed by atoms with Crippen molar-refractivity contribution in [2.75, 3.05) is 0 Å². The fourth-order valence-corrected chi connectivity index (χ4v) is 0.712. The van der Waals surface area contributed by atoms with Crippen LogP contribution < -0.4 is 0 Å². The van der Waals surface area contributed by atoms with Gasteiger partial charge in [0.25, 0.3) is 0 Å². The molecule has 0 saturated carbocycles. The van der Waals surface area contributed by atoms with Crippen LogP contribution in [0, 0.1) is 0 Å². The average molecular weight is 166 g/mol. The highest BCUT2D eigenvalue weighted by Gasteiger charge is 2.19. The van der Waals surface area contributed by atoms with Crippen LogP contribution in [-0.2, 0) is 4.79 Å². The third-order valence-corrected chi connectivity index (χ3v) is 1.26. The van der Waals surface area contributed by atoms with Crippen LogP contribution in [0.15, 0.2) is 0 Å². The number of rotatable bonds is 5. The van der Waals surface area contributed by atoms with E-state index >= 15 is 0 Å². The second-order valence-corrected chi connectivity index (χ2v) is 2.67. The summed E-state index contributed by atoms with van der Waals surface area (Å²) in [7, 11) is 0. The molecule has 0 aliphatic heterocycles. The van der Waals surface area contributed by atoms with E-state index in [0.717, 1.165) is 6.92 Å². The van der Waals surface area contributed by atoms with Gasteiger partial charge in [0.2, 0.25) is 5.92 Å². The summed E-state index contributed by atoms with van der Waals surface area (Å²) >= 11 is 0. The summed E-state index contributed by atoms with van der Waals surface area (Å²) in [5.41, 5.74) is 0. The van der Waals surface area contributed by atoms with E-state index in [-0.39, 0.29) is 19.3 Å². The van der Waals surface area contributed by atoms with Crippen LogP contribution in [0.3, 0.4) is 0 Å². The van der Waals surface area contributed by atoms with Crippen molar-refractivity contribution in [1.29, 1.82) is 0 Å². The summed E-state index contributed by atoms with van der Waals surface area (Å²) in [6, 6.07) is 0. The standard InChI is InChI=1S/C7H12F2O2/c1-7(8,9)5-3-2-4-6(10)11/h2-5H2,1H3,(H,10,11). The quantitative estimate of drug-likeness (QED) is 0.636. The first-order valence-corrected chi connectivity index (χ1v) is 3.51. The first-order chi connectivity index (χ1) is 4.92. The van der Waals surface area contributed by atoms with Gasteiger partial charge in [0, 0.05) is 12.8 Å². The van der Waals surface area contributed by atoms with E-state index in [1.807, 2.05) is 0 Å². The Hall–Kier alpha value is -0.670. The van der Waals surface area contributed by atoms with Crippen molar-refractivity contribution < 1.29 is 18.7 Å². The second-order valence-electron chi connectivity index (χ2n) is 2.67. The van der Waals surface area contributed by atoms with Crippen LogP contribution in [0.5, 0.6) is 0 Å². The smallest absolute Gasteiger partial charge is 0.303 e. The zero-order valence-electron chi connectivity index (χ0n) is 6.44. The maximum Gasteiger partial charge on any atom is 0.303 e. The molecule has 0 spiro atoms. The van der Waals surface area contributed by atoms with Crippen molar-refractivity contribution >= 4 is 5.97 Å². The number of aliphatic carboxylic acids is 1. The minimum Gasteiger partial charge on any atom is -0.481 e. The van der Waals surface area contributed by atoms with E-state index in [1.165, 1.54) is 0 Å². The first-order valence-electron chi connectivity index (χ1n) is 3.51. The van der Waals surface area contributed by atoms with E-state index in [0.29, 0.717) is 6.42 Å². The number of alkyl halides is 2. The SMILES string of the molecule is CC(F)(F)CCCCC(=O)O. The molecule has 0 saturated heterocycles. The second kappa shape index (κ2) is 4.26. The molecular weight excluding hydrogens is 154 g/mol. The Bertz CT molecular complexity index is 129. The van der Waals surface area contributed by atoms with Gasteiger partial charge in [-0.2, -0.15) is 0 Å². The van der Waals surface area contributed by atoms with E-state index in [1.54, 1.807) is 0 Å². The topological polar surface area (TPSA) is 37.3 Å². The van der Waals surface area contributed by atoms with Gasteiger partial charge in [-0.25, -0.2) is 8.78 Å². The predicted molar refractivity (Wildman–Crippen MR) is 36.7 cm³/mol. The minimum atomic E-state index is -2.65. The lowest BCUT2D eigenvalue weighted by atomic mass is 10.1. The fourth-order valence-electron chi connectivity index (χ4n) is 0.712. The Labute approximate surface area is 64.2 Å². The molecule has 2 nitrogen and oxygen atoms in total. The largest absolute Gasteiger partial charge is 0.481 e. The molecule has 0 atom stereocenters. The molecule has 0 radical (unpaired) electrons. The predicted octanol–water partition coefficient (Wildman–Crippen LogP) is 2.29. The number of hydrogen-bond donors (Lipinski definition) is 1. The molecule has 0 fully saturated rings. The summed E-state index contributed by atoms with van der Waals surface area (Å²) in [6.07, 6.45) is 0.366. The third kappa shape index (κ3) is 9.33. The number of unbranched alkanes of at least 4 members (excludes halogenated alkanes) is 1. The normalized spacial score (nSPS) is 11.5. The van der Waals surface area contributed by atoms with E-state index in [2.05, 4.69) is 0 Å². The summed E-state index contributed by atoms with van der Waals surface area (Å²) in [6.45, 7) is 0.841. The number of carboxylic acid groups (broad SMARTS) is 1. The van der Waals surface area contributed by atoms with Crippen LogP contribution >= 0.6 is 0 Å². The van der Waals surface area contributed by atoms with Crippen LogP contribution in [0.4, 0.5) is 8.78 Å². The molecule has 0 aromatic rings. The highest BCUT2D eigenvalue weighted by atomic mass is 19.3. The van der Waals surface area contributed by atoms with Crippen molar-refractivity contribution in [2.45, 2.75) is 38.5 Å². The Morgan fingerprint density at radius 2 is 2.00 bits per heavy atom. The maximum absolute atomic E-state index is 12.1. The van der Waals surface area contributed by atoms with Crippen molar-refractivity contribution in [3.63, 3.8) is 0 Å². The first kappa shape index (κ1) is 10.3. The van der Waals surface area contributed by atoms with Gasteiger partial charge in [-0.1, -0.05) is 0 Å². The van der Waals surface area contributed by atoms with E-state index < -0.39 is 11.9 Å². The molecule has 1 N–H and O–H groups in total. The van der Waals surface area contributed by atoms with Gasteiger partial charge in [-0.05, 0) is 19.8 Å². The molecule has 0 unspecified atom stereocenters. The zero-order valence-corrected chi connectivity index (χ0v) is 6.44. The number of halogens is 2. The Morgan fingerprint density at radius 1 is 1.45 bits per heavy atom. The molecule has 66 valence electrons. The highest BCUT2D eigenvalue weighted by Crippen LogP contribution is 2.19. The fraction of sp³-hybridized carbons (Fsp3) is 0.857. The number of carboxylic acids is 1. The van der Waals surface area contributed by atoms with Gasteiger partial charge in [0.05, 0.1) is 0 Å². The van der Waals surface area contributed by atoms with Crippen LogP contribution in [0.1, 0.15) is 32.6 Å². The van der Waals surface area contributed by atoms with Crippen molar-refractivity contribution in [3.05, 3.63) is 0 Å². The van der Waals surface area contributed by atoms with Crippen LogP contribution in [-0.4, -0.2) is 17.0 Å². The zero-order chi connectivity index (χ0) is 8.91. The molecule has 0 aromatic carbocycles. The average Bonchev–Trinajstić information content (AvgIpc) is 1.78. The summed E-state index contributed by atoms with van der Waals surface area (Å²) in [4.78, 5) is 9.94. The Morgan fingerprint density at radius 3 is 2.36 bits per heavy atom. The Kier molecular flexibility index (Phi) is 4.00. The van der Waals surface area contributed by atoms with Gasteiger partial charge < -0.3 is 5.11 Å². The van der Waals surface area contributed by atoms with Crippen LogP contribution in [0.2, 0.25) is 0 Å².